The lowest BCUT2D eigenvalue weighted by Gasteiger charge is -2.18. The van der Waals surface area contributed by atoms with E-state index in [9.17, 15) is 4.79 Å². The Morgan fingerprint density at radius 1 is 1.60 bits per heavy atom. The zero-order valence-electron chi connectivity index (χ0n) is 11.6. The van der Waals surface area contributed by atoms with Crippen molar-refractivity contribution in [3.8, 4) is 0 Å². The number of primary amides is 1. The lowest BCUT2D eigenvalue weighted by molar-refractivity contribution is 0.100. The normalized spacial score (nSPS) is 10.8. The molecule has 0 aliphatic carbocycles. The molecular formula is C12H17N5OS2. The summed E-state index contributed by atoms with van der Waals surface area (Å²) >= 11 is 2.84. The maximum atomic E-state index is 11.4. The molecule has 0 atom stereocenters. The number of carbonyl (C=O) groups is 1. The number of carbonyl (C=O) groups excluding carboxylic acids is 1. The van der Waals surface area contributed by atoms with E-state index in [1.165, 1.54) is 23.1 Å². The van der Waals surface area contributed by atoms with Crippen LogP contribution >= 0.6 is 23.1 Å². The Balaban J connectivity index is 2.34. The first-order chi connectivity index (χ1) is 9.45. The molecule has 20 heavy (non-hydrogen) atoms. The molecule has 2 rings (SSSR count). The lowest BCUT2D eigenvalue weighted by Crippen LogP contribution is -2.18. The SMILES string of the molecule is CSc1c(N(C)Cc2nccn2C)sc(C(N)=O)c1N. The van der Waals surface area contributed by atoms with Crippen LogP contribution in [0.25, 0.3) is 0 Å². The summed E-state index contributed by atoms with van der Waals surface area (Å²) < 4.78 is 1.96. The summed E-state index contributed by atoms with van der Waals surface area (Å²) in [5, 5.41) is 0.937. The number of thiophene rings is 1. The van der Waals surface area contributed by atoms with E-state index in [1.54, 1.807) is 6.20 Å². The van der Waals surface area contributed by atoms with Crippen LogP contribution in [0.15, 0.2) is 17.3 Å². The minimum absolute atomic E-state index is 0.413. The predicted molar refractivity (Wildman–Crippen MR) is 84.3 cm³/mol. The van der Waals surface area contributed by atoms with E-state index in [0.717, 1.165) is 15.7 Å². The number of aromatic nitrogens is 2. The van der Waals surface area contributed by atoms with Crippen LogP contribution in [0, 0.1) is 0 Å². The van der Waals surface area contributed by atoms with Gasteiger partial charge in [-0.15, -0.1) is 23.1 Å². The summed E-state index contributed by atoms with van der Waals surface area (Å²) in [6.07, 6.45) is 5.59. The highest BCUT2D eigenvalue weighted by atomic mass is 32.2. The van der Waals surface area contributed by atoms with Crippen LogP contribution in [0.1, 0.15) is 15.5 Å². The smallest absolute Gasteiger partial charge is 0.261 e. The van der Waals surface area contributed by atoms with E-state index in [2.05, 4.69) is 4.98 Å². The Morgan fingerprint density at radius 3 is 2.80 bits per heavy atom. The van der Waals surface area contributed by atoms with Gasteiger partial charge in [0.15, 0.2) is 0 Å². The molecule has 0 saturated heterocycles. The van der Waals surface area contributed by atoms with Crippen LogP contribution < -0.4 is 16.4 Å². The molecule has 0 fully saturated rings. The second-order valence-electron chi connectivity index (χ2n) is 4.36. The van der Waals surface area contributed by atoms with Gasteiger partial charge in [-0.25, -0.2) is 4.98 Å². The Bertz CT molecular complexity index is 634. The van der Waals surface area contributed by atoms with Gasteiger partial charge in [-0.05, 0) is 6.26 Å². The average Bonchev–Trinajstić information content (AvgIpc) is 2.93. The topological polar surface area (TPSA) is 90.2 Å². The molecule has 2 aromatic heterocycles. The van der Waals surface area contributed by atoms with E-state index in [0.29, 0.717) is 17.1 Å². The summed E-state index contributed by atoms with van der Waals surface area (Å²) in [7, 11) is 3.90. The molecule has 8 heteroatoms. The van der Waals surface area contributed by atoms with Crippen molar-refractivity contribution in [3.63, 3.8) is 0 Å². The van der Waals surface area contributed by atoms with Gasteiger partial charge >= 0.3 is 0 Å². The molecule has 2 heterocycles. The molecule has 0 aliphatic heterocycles. The highest BCUT2D eigenvalue weighted by molar-refractivity contribution is 7.99. The number of nitrogens with two attached hydrogens (primary N) is 2. The lowest BCUT2D eigenvalue weighted by atomic mass is 10.3. The second-order valence-corrected chi connectivity index (χ2v) is 6.17. The standard InChI is InChI=1S/C12H17N5OS2/c1-16-5-4-15-7(16)6-17(2)12-10(19-3)8(13)9(20-12)11(14)18/h4-5H,6,13H2,1-3H3,(H2,14,18). The quantitative estimate of drug-likeness (QED) is 0.817. The molecule has 2 aromatic rings. The van der Waals surface area contributed by atoms with Gasteiger partial charge < -0.3 is 20.9 Å². The van der Waals surface area contributed by atoms with Gasteiger partial charge in [-0.2, -0.15) is 0 Å². The third-order valence-corrected chi connectivity index (χ3v) is 5.24. The molecule has 108 valence electrons. The van der Waals surface area contributed by atoms with Crippen LogP contribution in [0.2, 0.25) is 0 Å². The molecule has 4 N–H and O–H groups in total. The van der Waals surface area contributed by atoms with E-state index < -0.39 is 5.91 Å². The van der Waals surface area contributed by atoms with Crippen molar-refractivity contribution in [2.45, 2.75) is 11.4 Å². The third-order valence-electron chi connectivity index (χ3n) is 2.96. The highest BCUT2D eigenvalue weighted by Crippen LogP contribution is 2.43. The van der Waals surface area contributed by atoms with E-state index in [-0.39, 0.29) is 0 Å². The fourth-order valence-electron chi connectivity index (χ4n) is 1.88. The summed E-state index contributed by atoms with van der Waals surface area (Å²) in [5.41, 5.74) is 11.8. The van der Waals surface area contributed by atoms with Crippen LogP contribution in [0.3, 0.4) is 0 Å². The summed E-state index contributed by atoms with van der Waals surface area (Å²) in [6, 6.07) is 0. The molecule has 0 spiro atoms. The molecule has 0 bridgehead atoms. The minimum Gasteiger partial charge on any atom is -0.396 e. The van der Waals surface area contributed by atoms with E-state index >= 15 is 0 Å². The van der Waals surface area contributed by atoms with E-state index in [1.807, 2.05) is 36.0 Å². The van der Waals surface area contributed by atoms with Crippen LogP contribution in [-0.2, 0) is 13.6 Å². The number of hydrogen-bond donors (Lipinski definition) is 2. The van der Waals surface area contributed by atoms with Gasteiger partial charge in [0.25, 0.3) is 5.91 Å². The van der Waals surface area contributed by atoms with Crippen molar-refractivity contribution in [3.05, 3.63) is 23.1 Å². The number of nitrogen functional groups attached to an aromatic ring is 1. The van der Waals surface area contributed by atoms with E-state index in [4.69, 9.17) is 11.5 Å². The van der Waals surface area contributed by atoms with Crippen molar-refractivity contribution in [1.82, 2.24) is 9.55 Å². The zero-order chi connectivity index (χ0) is 14.9. The van der Waals surface area contributed by atoms with Gasteiger partial charge in [-0.1, -0.05) is 0 Å². The Kier molecular flexibility index (Phi) is 4.24. The summed E-state index contributed by atoms with van der Waals surface area (Å²) in [6.45, 7) is 0.634. The molecule has 0 radical (unpaired) electrons. The number of imidazole rings is 1. The summed E-state index contributed by atoms with van der Waals surface area (Å²) in [5.74, 6) is 0.451. The van der Waals surface area contributed by atoms with Gasteiger partial charge in [0.2, 0.25) is 0 Å². The molecule has 0 unspecified atom stereocenters. The number of rotatable bonds is 5. The van der Waals surface area contributed by atoms with Crippen LogP contribution in [0.5, 0.6) is 0 Å². The Hall–Kier alpha value is -1.67. The molecule has 1 amide bonds. The van der Waals surface area contributed by atoms with Gasteiger partial charge in [0, 0.05) is 26.5 Å². The average molecular weight is 311 g/mol. The number of nitrogens with zero attached hydrogens (tertiary/aromatic N) is 3. The van der Waals surface area contributed by atoms with Crippen molar-refractivity contribution in [2.75, 3.05) is 23.9 Å². The maximum absolute atomic E-state index is 11.4. The van der Waals surface area contributed by atoms with Crippen molar-refractivity contribution < 1.29 is 4.79 Å². The van der Waals surface area contributed by atoms with Gasteiger partial charge in [0.1, 0.15) is 15.7 Å². The monoisotopic (exact) mass is 311 g/mol. The maximum Gasteiger partial charge on any atom is 0.261 e. The molecule has 0 saturated carbocycles. The first-order valence-corrected chi connectivity index (χ1v) is 7.93. The molecule has 0 aromatic carbocycles. The fraction of sp³-hybridized carbons (Fsp3) is 0.333. The van der Waals surface area contributed by atoms with Crippen LogP contribution in [0.4, 0.5) is 10.7 Å². The predicted octanol–water partition coefficient (Wildman–Crippen LogP) is 1.52. The third kappa shape index (κ3) is 2.61. The Labute approximate surface area is 125 Å². The first kappa shape index (κ1) is 14.7. The number of thioether (sulfide) groups is 1. The number of aryl methyl sites for hydroxylation is 1. The highest BCUT2D eigenvalue weighted by Gasteiger charge is 2.21. The molecular weight excluding hydrogens is 294 g/mol. The largest absolute Gasteiger partial charge is 0.396 e. The number of anilines is 2. The summed E-state index contributed by atoms with van der Waals surface area (Å²) in [4.78, 5) is 19.0. The molecule has 6 nitrogen and oxygen atoms in total. The Morgan fingerprint density at radius 2 is 2.30 bits per heavy atom. The minimum atomic E-state index is -0.487. The fourth-order valence-corrected chi connectivity index (χ4v) is 3.90. The van der Waals surface area contributed by atoms with Crippen molar-refractivity contribution >= 4 is 39.7 Å². The van der Waals surface area contributed by atoms with Crippen LogP contribution in [-0.4, -0.2) is 28.8 Å². The van der Waals surface area contributed by atoms with Gasteiger partial charge in [0.05, 0.1) is 17.1 Å². The first-order valence-electron chi connectivity index (χ1n) is 5.89. The van der Waals surface area contributed by atoms with Crippen molar-refractivity contribution in [2.24, 2.45) is 12.8 Å². The number of amides is 1. The zero-order valence-corrected chi connectivity index (χ0v) is 13.2. The molecule has 0 aliphatic rings. The van der Waals surface area contributed by atoms with Gasteiger partial charge in [-0.3, -0.25) is 4.79 Å². The van der Waals surface area contributed by atoms with Crippen molar-refractivity contribution in [1.29, 1.82) is 0 Å². The second kappa shape index (κ2) is 5.76. The number of hydrogen-bond acceptors (Lipinski definition) is 6.